The third kappa shape index (κ3) is 3.14. The highest BCUT2D eigenvalue weighted by molar-refractivity contribution is 5.75. The number of aliphatic hydroxyl groups is 1. The fraction of sp³-hybridized carbons (Fsp3) is 0.533. The molecule has 2 rings (SSSR count). The molecule has 19 heavy (non-hydrogen) atoms. The van der Waals surface area contributed by atoms with Gasteiger partial charge in [-0.05, 0) is 24.5 Å². The first kappa shape index (κ1) is 14.0. The van der Waals surface area contributed by atoms with Crippen LogP contribution in [0.25, 0.3) is 11.0 Å². The zero-order chi connectivity index (χ0) is 13.8. The summed E-state index contributed by atoms with van der Waals surface area (Å²) in [7, 11) is 2.04. The van der Waals surface area contributed by atoms with Crippen molar-refractivity contribution >= 4 is 11.0 Å². The van der Waals surface area contributed by atoms with E-state index in [1.165, 1.54) is 0 Å². The molecular formula is C15H23N3O. The lowest BCUT2D eigenvalue weighted by molar-refractivity contribution is 0.243. The normalized spacial score (nSPS) is 13.3. The summed E-state index contributed by atoms with van der Waals surface area (Å²) in [6, 6.07) is 8.48. The molecule has 104 valence electrons. The van der Waals surface area contributed by atoms with Gasteiger partial charge in [-0.25, -0.2) is 4.98 Å². The minimum Gasteiger partial charge on any atom is -0.396 e. The van der Waals surface area contributed by atoms with Crippen molar-refractivity contribution in [2.45, 2.75) is 32.9 Å². The minimum absolute atomic E-state index is 0.221. The molecule has 4 heteroatoms. The largest absolute Gasteiger partial charge is 0.396 e. The van der Waals surface area contributed by atoms with Gasteiger partial charge in [-0.1, -0.05) is 26.0 Å². The van der Waals surface area contributed by atoms with E-state index in [9.17, 15) is 0 Å². The summed E-state index contributed by atoms with van der Waals surface area (Å²) in [6.45, 7) is 5.29. The van der Waals surface area contributed by atoms with E-state index in [0.29, 0.717) is 12.0 Å². The lowest BCUT2D eigenvalue weighted by atomic mass is 10.0. The Morgan fingerprint density at radius 2 is 2.05 bits per heavy atom. The average Bonchev–Trinajstić information content (AvgIpc) is 2.72. The summed E-state index contributed by atoms with van der Waals surface area (Å²) in [4.78, 5) is 4.64. The Bertz CT molecular complexity index is 533. The number of aryl methyl sites for hydroxylation is 1. The monoisotopic (exact) mass is 261 g/mol. The molecule has 2 N–H and O–H groups in total. The number of benzene rings is 1. The molecule has 0 bridgehead atoms. The lowest BCUT2D eigenvalue weighted by Crippen LogP contribution is -2.34. The molecule has 1 aromatic heterocycles. The molecule has 2 aromatic rings. The second-order valence-corrected chi connectivity index (χ2v) is 5.32. The predicted octanol–water partition coefficient (Wildman–Crippen LogP) is 2.07. The van der Waals surface area contributed by atoms with Crippen LogP contribution in [0, 0.1) is 5.92 Å². The van der Waals surface area contributed by atoms with Gasteiger partial charge < -0.3 is 15.0 Å². The number of hydrogen-bond donors (Lipinski definition) is 2. The first-order chi connectivity index (χ1) is 9.13. The van der Waals surface area contributed by atoms with Crippen LogP contribution in [-0.2, 0) is 13.6 Å². The maximum absolute atomic E-state index is 9.09. The van der Waals surface area contributed by atoms with Crippen LogP contribution in [0.4, 0.5) is 0 Å². The number of para-hydroxylation sites is 2. The average molecular weight is 261 g/mol. The maximum atomic E-state index is 9.09. The number of aliphatic hydroxyl groups excluding tert-OH is 1. The van der Waals surface area contributed by atoms with Gasteiger partial charge in [-0.3, -0.25) is 0 Å². The Kier molecular flexibility index (Phi) is 4.56. The third-order valence-corrected chi connectivity index (χ3v) is 3.65. The van der Waals surface area contributed by atoms with E-state index in [0.717, 1.165) is 29.8 Å². The summed E-state index contributed by atoms with van der Waals surface area (Å²) >= 11 is 0. The first-order valence-electron chi connectivity index (χ1n) is 6.88. The molecule has 1 unspecified atom stereocenters. The second kappa shape index (κ2) is 6.17. The third-order valence-electron chi connectivity index (χ3n) is 3.65. The van der Waals surface area contributed by atoms with Crippen molar-refractivity contribution in [3.05, 3.63) is 30.1 Å². The Morgan fingerprint density at radius 1 is 1.32 bits per heavy atom. The Morgan fingerprint density at radius 3 is 2.68 bits per heavy atom. The number of nitrogens with one attached hydrogen (secondary N) is 1. The van der Waals surface area contributed by atoms with Gasteiger partial charge in [0.2, 0.25) is 0 Å². The predicted molar refractivity (Wildman–Crippen MR) is 77.9 cm³/mol. The zero-order valence-electron chi connectivity index (χ0n) is 11.9. The van der Waals surface area contributed by atoms with Gasteiger partial charge in [0.05, 0.1) is 17.6 Å². The number of rotatable bonds is 6. The van der Waals surface area contributed by atoms with Crippen molar-refractivity contribution in [3.8, 4) is 0 Å². The summed E-state index contributed by atoms with van der Waals surface area (Å²) in [6.07, 6.45) is 0.779. The van der Waals surface area contributed by atoms with Crippen LogP contribution in [0.15, 0.2) is 24.3 Å². The van der Waals surface area contributed by atoms with Gasteiger partial charge in [-0.15, -0.1) is 0 Å². The van der Waals surface area contributed by atoms with Gasteiger partial charge >= 0.3 is 0 Å². The SMILES string of the molecule is CC(C)C(CCO)NCc1nc2ccccc2n1C. The zero-order valence-corrected chi connectivity index (χ0v) is 11.9. The van der Waals surface area contributed by atoms with Crippen molar-refractivity contribution in [2.75, 3.05) is 6.61 Å². The number of hydrogen-bond acceptors (Lipinski definition) is 3. The van der Waals surface area contributed by atoms with E-state index in [-0.39, 0.29) is 6.61 Å². The lowest BCUT2D eigenvalue weighted by Gasteiger charge is -2.21. The van der Waals surface area contributed by atoms with E-state index in [1.54, 1.807) is 0 Å². The van der Waals surface area contributed by atoms with Gasteiger partial charge in [0.1, 0.15) is 5.82 Å². The van der Waals surface area contributed by atoms with Gasteiger partial charge in [-0.2, -0.15) is 0 Å². The van der Waals surface area contributed by atoms with Crippen LogP contribution in [0.2, 0.25) is 0 Å². The first-order valence-corrected chi connectivity index (χ1v) is 6.88. The highest BCUT2D eigenvalue weighted by Crippen LogP contribution is 2.14. The second-order valence-electron chi connectivity index (χ2n) is 5.32. The fourth-order valence-electron chi connectivity index (χ4n) is 2.39. The molecular weight excluding hydrogens is 238 g/mol. The molecule has 0 saturated heterocycles. The summed E-state index contributed by atoms with van der Waals surface area (Å²) in [5.41, 5.74) is 2.19. The van der Waals surface area contributed by atoms with E-state index in [2.05, 4.69) is 34.8 Å². The highest BCUT2D eigenvalue weighted by Gasteiger charge is 2.14. The van der Waals surface area contributed by atoms with Gasteiger partial charge in [0, 0.05) is 19.7 Å². The van der Waals surface area contributed by atoms with Crippen LogP contribution < -0.4 is 5.32 Å². The quantitative estimate of drug-likeness (QED) is 0.837. The molecule has 0 saturated carbocycles. The Balaban J connectivity index is 2.10. The Hall–Kier alpha value is -1.39. The molecule has 0 spiro atoms. The molecule has 0 fully saturated rings. The van der Waals surface area contributed by atoms with Crippen LogP contribution in [0.1, 0.15) is 26.1 Å². The van der Waals surface area contributed by atoms with E-state index < -0.39 is 0 Å². The smallest absolute Gasteiger partial charge is 0.123 e. The van der Waals surface area contributed by atoms with E-state index in [4.69, 9.17) is 5.11 Å². The maximum Gasteiger partial charge on any atom is 0.123 e. The number of nitrogens with zero attached hydrogens (tertiary/aromatic N) is 2. The van der Waals surface area contributed by atoms with Crippen LogP contribution in [0.5, 0.6) is 0 Å². The van der Waals surface area contributed by atoms with Crippen molar-refractivity contribution in [1.82, 2.24) is 14.9 Å². The number of imidazole rings is 1. The summed E-state index contributed by atoms with van der Waals surface area (Å²) in [5, 5.41) is 12.6. The molecule has 4 nitrogen and oxygen atoms in total. The van der Waals surface area contributed by atoms with Crippen molar-refractivity contribution in [3.63, 3.8) is 0 Å². The van der Waals surface area contributed by atoms with Crippen LogP contribution in [0.3, 0.4) is 0 Å². The highest BCUT2D eigenvalue weighted by atomic mass is 16.3. The Labute approximate surface area is 114 Å². The topological polar surface area (TPSA) is 50.1 Å². The fourth-order valence-corrected chi connectivity index (χ4v) is 2.39. The summed E-state index contributed by atoms with van der Waals surface area (Å²) < 4.78 is 2.12. The molecule has 1 atom stereocenters. The van der Waals surface area contributed by atoms with Gasteiger partial charge in [0.15, 0.2) is 0 Å². The molecule has 0 radical (unpaired) electrons. The van der Waals surface area contributed by atoms with Crippen LogP contribution >= 0.6 is 0 Å². The molecule has 1 aromatic carbocycles. The molecule has 0 aliphatic carbocycles. The van der Waals surface area contributed by atoms with E-state index in [1.807, 2.05) is 25.2 Å². The molecule has 1 heterocycles. The molecule has 0 aliphatic heterocycles. The van der Waals surface area contributed by atoms with Crippen molar-refractivity contribution in [2.24, 2.45) is 13.0 Å². The molecule has 0 aliphatic rings. The van der Waals surface area contributed by atoms with Crippen LogP contribution in [-0.4, -0.2) is 27.3 Å². The number of aromatic nitrogens is 2. The van der Waals surface area contributed by atoms with Crippen molar-refractivity contribution < 1.29 is 5.11 Å². The summed E-state index contributed by atoms with van der Waals surface area (Å²) in [5.74, 6) is 1.53. The molecule has 0 amide bonds. The number of fused-ring (bicyclic) bond motifs is 1. The van der Waals surface area contributed by atoms with E-state index >= 15 is 0 Å². The van der Waals surface area contributed by atoms with Crippen molar-refractivity contribution in [1.29, 1.82) is 0 Å². The minimum atomic E-state index is 0.221. The van der Waals surface area contributed by atoms with Gasteiger partial charge in [0.25, 0.3) is 0 Å². The standard InChI is InChI=1S/C15H23N3O/c1-11(2)12(8-9-19)16-10-15-17-13-6-4-5-7-14(13)18(15)3/h4-7,11-12,16,19H,8-10H2,1-3H3.